The lowest BCUT2D eigenvalue weighted by Crippen LogP contribution is -2.42. The summed E-state index contributed by atoms with van der Waals surface area (Å²) < 4.78 is 99.3. The van der Waals surface area contributed by atoms with Crippen molar-refractivity contribution in [3.63, 3.8) is 0 Å². The fourth-order valence-corrected chi connectivity index (χ4v) is 12.3. The molecule has 2 aromatic carbocycles. The van der Waals surface area contributed by atoms with Crippen LogP contribution in [0.5, 0.6) is 0 Å². The standard InChI is InChI=1S/2C26H28F3N5O/c2*1-15-11-18(7-8-30-15)33-13-16-3-4-17(14-33)20(16)12-22-31-26-25(35-10-2-9-34(26)32-22)19-5-6-21(27)24(29)23(19)28/h2*5-8,11,16-17,20,25H,2-4,9-10,12-14H2,1H3/t2*16-,17+,20?,25-/m10/s1. The highest BCUT2D eigenvalue weighted by Crippen LogP contribution is 2.46. The molecule has 4 fully saturated rings. The molecule has 70 heavy (non-hydrogen) atoms. The molecule has 2 aliphatic carbocycles. The second-order valence-corrected chi connectivity index (χ2v) is 20.0. The van der Waals surface area contributed by atoms with Gasteiger partial charge < -0.3 is 19.3 Å². The van der Waals surface area contributed by atoms with E-state index in [1.54, 1.807) is 9.36 Å². The quantitative estimate of drug-likeness (QED) is 0.108. The number of ether oxygens (including phenoxy) is 2. The SMILES string of the molecule is Cc1cc(N2C[C@H]3CC[C@@H](C2)C3Cc2nc3n(n2)CCCO[C@@H]3c2ccc(F)c(F)c2F)ccn1.Cc1cc(N2C[C@H]3CC[C@@H](C2)C3Cc2nc3n(n2)CCCO[C@H]3c2ccc(F)c(F)c2F)ccn1. The molecule has 6 aliphatic rings. The van der Waals surface area contributed by atoms with Gasteiger partial charge in [0.25, 0.3) is 0 Å². The summed E-state index contributed by atoms with van der Waals surface area (Å²) in [6.45, 7) is 9.96. The Morgan fingerprint density at radius 1 is 0.529 bits per heavy atom. The molecule has 368 valence electrons. The number of benzene rings is 2. The molecule has 4 aliphatic heterocycles. The Balaban J connectivity index is 0.000000152. The molecule has 18 heteroatoms. The second-order valence-electron chi connectivity index (χ2n) is 20.0. The van der Waals surface area contributed by atoms with Crippen LogP contribution in [-0.2, 0) is 35.4 Å². The molecule has 0 amide bonds. The van der Waals surface area contributed by atoms with Crippen molar-refractivity contribution in [2.75, 3.05) is 49.2 Å². The summed E-state index contributed by atoms with van der Waals surface area (Å²) >= 11 is 0. The molecular weight excluding hydrogens is 911 g/mol. The van der Waals surface area contributed by atoms with Gasteiger partial charge in [-0.2, -0.15) is 10.2 Å². The molecule has 2 saturated heterocycles. The third-order valence-corrected chi connectivity index (χ3v) is 15.6. The molecule has 12 rings (SSSR count). The molecule has 12 nitrogen and oxygen atoms in total. The van der Waals surface area contributed by atoms with Crippen molar-refractivity contribution in [3.05, 3.63) is 142 Å². The smallest absolute Gasteiger partial charge is 0.194 e. The van der Waals surface area contributed by atoms with E-state index in [4.69, 9.17) is 29.6 Å². The lowest BCUT2D eigenvalue weighted by Gasteiger charge is -2.39. The number of halogens is 6. The number of pyridine rings is 2. The summed E-state index contributed by atoms with van der Waals surface area (Å²) in [6, 6.07) is 12.8. The minimum absolute atomic E-state index is 0.0491. The monoisotopic (exact) mass is 966 g/mol. The van der Waals surface area contributed by atoms with Crippen LogP contribution in [0.3, 0.4) is 0 Å². The molecule has 8 heterocycles. The zero-order valence-electron chi connectivity index (χ0n) is 39.3. The summed E-state index contributed by atoms with van der Waals surface area (Å²) in [5.41, 5.74) is 4.41. The van der Waals surface area contributed by atoms with Gasteiger partial charge in [-0.25, -0.2) is 45.7 Å². The van der Waals surface area contributed by atoms with Gasteiger partial charge in [0.1, 0.15) is 12.2 Å². The van der Waals surface area contributed by atoms with Gasteiger partial charge in [-0.15, -0.1) is 0 Å². The first-order chi connectivity index (χ1) is 33.9. The number of hydrogen-bond acceptors (Lipinski definition) is 10. The van der Waals surface area contributed by atoms with Crippen molar-refractivity contribution < 1.29 is 35.8 Å². The fourth-order valence-electron chi connectivity index (χ4n) is 12.3. The summed E-state index contributed by atoms with van der Waals surface area (Å²) in [5.74, 6) is -2.33. The van der Waals surface area contributed by atoms with Crippen LogP contribution in [0.4, 0.5) is 37.7 Å². The minimum Gasteiger partial charge on any atom is -0.371 e. The highest BCUT2D eigenvalue weighted by Gasteiger charge is 2.44. The van der Waals surface area contributed by atoms with Crippen LogP contribution in [0, 0.1) is 84.3 Å². The zero-order chi connectivity index (χ0) is 48.2. The molecule has 4 aromatic heterocycles. The number of fused-ring (bicyclic) bond motifs is 6. The molecular formula is C52H56F6N10O2. The summed E-state index contributed by atoms with van der Waals surface area (Å²) in [7, 11) is 0. The highest BCUT2D eigenvalue weighted by atomic mass is 19.2. The van der Waals surface area contributed by atoms with Gasteiger partial charge in [-0.3, -0.25) is 9.97 Å². The maximum Gasteiger partial charge on any atom is 0.194 e. The van der Waals surface area contributed by atoms with Crippen LogP contribution in [0.15, 0.2) is 60.9 Å². The maximum absolute atomic E-state index is 14.6. The Kier molecular flexibility index (Phi) is 12.9. The first kappa shape index (κ1) is 46.5. The van der Waals surface area contributed by atoms with E-state index in [0.29, 0.717) is 97.9 Å². The minimum atomic E-state index is -1.49. The normalized spacial score (nSPS) is 26.0. The Labute approximate surface area is 402 Å². The number of aryl methyl sites for hydroxylation is 4. The van der Waals surface area contributed by atoms with Crippen molar-refractivity contribution >= 4 is 11.4 Å². The lowest BCUT2D eigenvalue weighted by atomic mass is 9.82. The third-order valence-electron chi connectivity index (χ3n) is 15.6. The van der Waals surface area contributed by atoms with Gasteiger partial charge in [-0.1, -0.05) is 0 Å². The molecule has 0 radical (unpaired) electrons. The van der Waals surface area contributed by atoms with E-state index < -0.39 is 47.1 Å². The molecule has 6 aromatic rings. The van der Waals surface area contributed by atoms with Gasteiger partial charge in [0.2, 0.25) is 0 Å². The predicted octanol–water partition coefficient (Wildman–Crippen LogP) is 9.23. The molecule has 2 unspecified atom stereocenters. The van der Waals surface area contributed by atoms with Crippen molar-refractivity contribution in [1.82, 2.24) is 39.5 Å². The van der Waals surface area contributed by atoms with Gasteiger partial charge >= 0.3 is 0 Å². The lowest BCUT2D eigenvalue weighted by molar-refractivity contribution is 0.0778. The van der Waals surface area contributed by atoms with Gasteiger partial charge in [0.15, 0.2) is 58.2 Å². The van der Waals surface area contributed by atoms with Crippen LogP contribution in [0.1, 0.15) is 96.5 Å². The average Bonchev–Trinajstić information content (AvgIpc) is 3.97. The molecule has 0 N–H and O–H groups in total. The number of anilines is 2. The first-order valence-electron chi connectivity index (χ1n) is 24.7. The van der Waals surface area contributed by atoms with Crippen molar-refractivity contribution in [2.45, 2.75) is 90.5 Å². The summed E-state index contributed by atoms with van der Waals surface area (Å²) in [6.07, 6.45) is 9.56. The number of piperidine rings is 2. The Morgan fingerprint density at radius 3 is 1.31 bits per heavy atom. The van der Waals surface area contributed by atoms with Gasteiger partial charge in [0, 0.05) is 112 Å². The number of hydrogen-bond donors (Lipinski definition) is 0. The Hall–Kier alpha value is -5.88. The Bertz CT molecular complexity index is 2660. The topological polar surface area (TPSA) is 112 Å². The molecule has 0 spiro atoms. The first-order valence-corrected chi connectivity index (χ1v) is 24.7. The summed E-state index contributed by atoms with van der Waals surface area (Å²) in [5, 5.41) is 9.50. The fraction of sp³-hybridized carbons (Fsp3) is 0.500. The van der Waals surface area contributed by atoms with E-state index in [2.05, 4.69) is 44.0 Å². The average molecular weight is 967 g/mol. The maximum atomic E-state index is 14.6. The van der Waals surface area contributed by atoms with E-state index in [-0.39, 0.29) is 11.1 Å². The van der Waals surface area contributed by atoms with Crippen molar-refractivity contribution in [2.24, 2.45) is 35.5 Å². The van der Waals surface area contributed by atoms with Crippen LogP contribution in [0.25, 0.3) is 0 Å². The number of nitrogens with zero attached hydrogens (tertiary/aromatic N) is 10. The van der Waals surface area contributed by atoms with Crippen molar-refractivity contribution in [1.29, 1.82) is 0 Å². The van der Waals surface area contributed by atoms with E-state index in [1.807, 2.05) is 26.2 Å². The molecule has 8 atom stereocenters. The van der Waals surface area contributed by atoms with E-state index in [1.165, 1.54) is 49.2 Å². The van der Waals surface area contributed by atoms with Crippen LogP contribution >= 0.6 is 0 Å². The van der Waals surface area contributed by atoms with E-state index in [0.717, 1.165) is 62.5 Å². The van der Waals surface area contributed by atoms with Gasteiger partial charge in [-0.05, 0) is 136 Å². The Morgan fingerprint density at radius 2 is 0.929 bits per heavy atom. The third kappa shape index (κ3) is 9.05. The number of rotatable bonds is 8. The van der Waals surface area contributed by atoms with E-state index in [9.17, 15) is 26.3 Å². The van der Waals surface area contributed by atoms with Crippen LogP contribution in [0.2, 0.25) is 0 Å². The van der Waals surface area contributed by atoms with Gasteiger partial charge in [0.05, 0.1) is 0 Å². The highest BCUT2D eigenvalue weighted by molar-refractivity contribution is 5.48. The predicted molar refractivity (Wildman–Crippen MR) is 247 cm³/mol. The van der Waals surface area contributed by atoms with Crippen LogP contribution in [-0.4, -0.2) is 78.9 Å². The second kappa shape index (κ2) is 19.4. The number of aromatic nitrogens is 8. The van der Waals surface area contributed by atoms with Crippen LogP contribution < -0.4 is 9.80 Å². The zero-order valence-corrected chi connectivity index (χ0v) is 39.3. The summed E-state index contributed by atoms with van der Waals surface area (Å²) in [4.78, 5) is 23.1. The molecule has 2 saturated carbocycles. The largest absolute Gasteiger partial charge is 0.371 e. The van der Waals surface area contributed by atoms with E-state index >= 15 is 0 Å². The molecule has 4 bridgehead atoms. The van der Waals surface area contributed by atoms with Crippen molar-refractivity contribution in [3.8, 4) is 0 Å².